The quantitative estimate of drug-likeness (QED) is 0.851. The molecule has 1 aromatic heterocycles. The normalized spacial score (nSPS) is 18.1. The highest BCUT2D eigenvalue weighted by Gasteiger charge is 2.32. The van der Waals surface area contributed by atoms with Crippen LogP contribution in [0.25, 0.3) is 0 Å². The standard InChI is InChI=1S/C18H21NO4S/c1-3-14-8-11-17(23-14)16-5-4-12-19(16)18(20)13-6-9-15(10-7-13)24(2,21)22/h6-11,16H,3-5,12H2,1-2H3/t16-/m0/s1. The maximum absolute atomic E-state index is 12.8. The second-order valence-electron chi connectivity index (χ2n) is 6.11. The Morgan fingerprint density at radius 3 is 2.50 bits per heavy atom. The minimum absolute atomic E-state index is 0.0487. The van der Waals surface area contributed by atoms with Crippen molar-refractivity contribution in [1.82, 2.24) is 4.90 Å². The fraction of sp³-hybridized carbons (Fsp3) is 0.389. The smallest absolute Gasteiger partial charge is 0.254 e. The number of carbonyl (C=O) groups excluding carboxylic acids is 1. The van der Waals surface area contributed by atoms with Crippen molar-refractivity contribution >= 4 is 15.7 Å². The van der Waals surface area contributed by atoms with Crippen LogP contribution in [0.2, 0.25) is 0 Å². The number of rotatable bonds is 4. The lowest BCUT2D eigenvalue weighted by Gasteiger charge is -2.23. The predicted molar refractivity (Wildman–Crippen MR) is 90.6 cm³/mol. The summed E-state index contributed by atoms with van der Waals surface area (Å²) in [5.74, 6) is 1.65. The van der Waals surface area contributed by atoms with Gasteiger partial charge in [0, 0.05) is 24.8 Å². The van der Waals surface area contributed by atoms with Crippen molar-refractivity contribution in [3.8, 4) is 0 Å². The number of aryl methyl sites for hydroxylation is 1. The lowest BCUT2D eigenvalue weighted by molar-refractivity contribution is 0.0719. The van der Waals surface area contributed by atoms with Crippen LogP contribution in [-0.2, 0) is 16.3 Å². The minimum Gasteiger partial charge on any atom is -0.464 e. The van der Waals surface area contributed by atoms with Gasteiger partial charge in [-0.25, -0.2) is 8.42 Å². The first-order valence-electron chi connectivity index (χ1n) is 8.10. The average molecular weight is 347 g/mol. The van der Waals surface area contributed by atoms with Crippen LogP contribution in [0.15, 0.2) is 45.7 Å². The van der Waals surface area contributed by atoms with Gasteiger partial charge in [-0.05, 0) is 49.2 Å². The van der Waals surface area contributed by atoms with Crippen LogP contribution in [0, 0.1) is 0 Å². The molecule has 2 aromatic rings. The van der Waals surface area contributed by atoms with E-state index in [1.165, 1.54) is 12.1 Å². The fourth-order valence-electron chi connectivity index (χ4n) is 3.08. The SMILES string of the molecule is CCc1ccc([C@@H]2CCCN2C(=O)c2ccc(S(C)(=O)=O)cc2)o1. The van der Waals surface area contributed by atoms with Crippen molar-refractivity contribution in [1.29, 1.82) is 0 Å². The Morgan fingerprint density at radius 1 is 1.21 bits per heavy atom. The molecule has 0 saturated carbocycles. The van der Waals surface area contributed by atoms with E-state index in [1.807, 2.05) is 24.0 Å². The summed E-state index contributed by atoms with van der Waals surface area (Å²) in [6.45, 7) is 2.71. The van der Waals surface area contributed by atoms with Gasteiger partial charge < -0.3 is 9.32 Å². The van der Waals surface area contributed by atoms with Gasteiger partial charge >= 0.3 is 0 Å². The Morgan fingerprint density at radius 2 is 1.92 bits per heavy atom. The molecule has 1 aliphatic heterocycles. The predicted octanol–water partition coefficient (Wildman–Crippen LogP) is 3.22. The third kappa shape index (κ3) is 3.24. The van der Waals surface area contributed by atoms with E-state index >= 15 is 0 Å². The molecule has 0 unspecified atom stereocenters. The maximum Gasteiger partial charge on any atom is 0.254 e. The van der Waals surface area contributed by atoms with Crippen LogP contribution in [-0.4, -0.2) is 32.0 Å². The molecule has 1 aromatic carbocycles. The van der Waals surface area contributed by atoms with Crippen molar-refractivity contribution in [3.63, 3.8) is 0 Å². The van der Waals surface area contributed by atoms with Gasteiger partial charge in [-0.1, -0.05) is 6.92 Å². The third-order valence-corrected chi connectivity index (χ3v) is 5.53. The molecule has 24 heavy (non-hydrogen) atoms. The molecular weight excluding hydrogens is 326 g/mol. The highest BCUT2D eigenvalue weighted by molar-refractivity contribution is 7.90. The van der Waals surface area contributed by atoms with Gasteiger partial charge in [0.15, 0.2) is 9.84 Å². The van der Waals surface area contributed by atoms with E-state index in [9.17, 15) is 13.2 Å². The van der Waals surface area contributed by atoms with Crippen molar-refractivity contribution in [2.45, 2.75) is 37.1 Å². The number of nitrogens with zero attached hydrogens (tertiary/aromatic N) is 1. The molecule has 1 amide bonds. The van der Waals surface area contributed by atoms with Crippen molar-refractivity contribution in [3.05, 3.63) is 53.5 Å². The van der Waals surface area contributed by atoms with E-state index in [4.69, 9.17) is 4.42 Å². The molecule has 3 rings (SSSR count). The second kappa shape index (κ2) is 6.43. The van der Waals surface area contributed by atoms with Crippen molar-refractivity contribution < 1.29 is 17.6 Å². The number of hydrogen-bond acceptors (Lipinski definition) is 4. The highest BCUT2D eigenvalue weighted by atomic mass is 32.2. The highest BCUT2D eigenvalue weighted by Crippen LogP contribution is 2.34. The van der Waals surface area contributed by atoms with Crippen molar-refractivity contribution in [2.24, 2.45) is 0 Å². The molecule has 0 N–H and O–H groups in total. The fourth-order valence-corrected chi connectivity index (χ4v) is 3.71. The van der Waals surface area contributed by atoms with Crippen LogP contribution >= 0.6 is 0 Å². The van der Waals surface area contributed by atoms with Crippen molar-refractivity contribution in [2.75, 3.05) is 12.8 Å². The molecule has 2 heterocycles. The second-order valence-corrected chi connectivity index (χ2v) is 8.13. The summed E-state index contributed by atoms with van der Waals surface area (Å²) in [6, 6.07) is 9.97. The van der Waals surface area contributed by atoms with Crippen LogP contribution in [0.3, 0.4) is 0 Å². The molecule has 1 aliphatic rings. The lowest BCUT2D eigenvalue weighted by atomic mass is 10.1. The molecule has 5 nitrogen and oxygen atoms in total. The Balaban J connectivity index is 1.83. The summed E-state index contributed by atoms with van der Waals surface area (Å²) in [4.78, 5) is 14.8. The molecular formula is C18H21NO4S. The first-order chi connectivity index (χ1) is 11.4. The maximum atomic E-state index is 12.8. The van der Waals surface area contributed by atoms with Gasteiger partial charge in [0.05, 0.1) is 10.9 Å². The molecule has 1 saturated heterocycles. The van der Waals surface area contributed by atoms with E-state index in [0.717, 1.165) is 37.0 Å². The van der Waals surface area contributed by atoms with E-state index in [-0.39, 0.29) is 16.8 Å². The van der Waals surface area contributed by atoms with Crippen LogP contribution in [0.5, 0.6) is 0 Å². The third-order valence-electron chi connectivity index (χ3n) is 4.40. The zero-order valence-electron chi connectivity index (χ0n) is 13.9. The van der Waals surface area contributed by atoms with Crippen LogP contribution < -0.4 is 0 Å². The number of furan rings is 1. The van der Waals surface area contributed by atoms with Gasteiger partial charge in [-0.2, -0.15) is 0 Å². The summed E-state index contributed by atoms with van der Waals surface area (Å²) in [5.41, 5.74) is 0.497. The molecule has 0 aliphatic carbocycles. The zero-order chi connectivity index (χ0) is 17.3. The number of hydrogen-bond donors (Lipinski definition) is 0. The summed E-state index contributed by atoms with van der Waals surface area (Å²) in [6.07, 6.45) is 3.79. The molecule has 0 spiro atoms. The van der Waals surface area contributed by atoms with E-state index in [1.54, 1.807) is 12.1 Å². The first kappa shape index (κ1) is 16.8. The van der Waals surface area contributed by atoms with E-state index in [2.05, 4.69) is 0 Å². The number of benzene rings is 1. The van der Waals surface area contributed by atoms with Gasteiger partial charge in [-0.15, -0.1) is 0 Å². The van der Waals surface area contributed by atoms with E-state index in [0.29, 0.717) is 12.1 Å². The molecule has 1 atom stereocenters. The molecule has 128 valence electrons. The molecule has 0 radical (unpaired) electrons. The number of amides is 1. The number of carbonyl (C=O) groups is 1. The summed E-state index contributed by atoms with van der Waals surface area (Å²) < 4.78 is 28.9. The largest absolute Gasteiger partial charge is 0.464 e. The zero-order valence-corrected chi connectivity index (χ0v) is 14.7. The summed E-state index contributed by atoms with van der Waals surface area (Å²) >= 11 is 0. The van der Waals surface area contributed by atoms with Crippen LogP contribution in [0.4, 0.5) is 0 Å². The topological polar surface area (TPSA) is 67.6 Å². The Kier molecular flexibility index (Phi) is 4.49. The summed E-state index contributed by atoms with van der Waals surface area (Å²) in [5, 5.41) is 0. The summed E-state index contributed by atoms with van der Waals surface area (Å²) in [7, 11) is -3.26. The lowest BCUT2D eigenvalue weighted by Crippen LogP contribution is -2.30. The first-order valence-corrected chi connectivity index (χ1v) is 9.99. The molecule has 0 bridgehead atoms. The number of likely N-dealkylation sites (tertiary alicyclic amines) is 1. The minimum atomic E-state index is -3.26. The Labute approximate surface area is 142 Å². The molecule has 6 heteroatoms. The van der Waals surface area contributed by atoms with Gasteiger partial charge in [0.1, 0.15) is 11.5 Å². The number of sulfone groups is 1. The van der Waals surface area contributed by atoms with E-state index < -0.39 is 9.84 Å². The monoisotopic (exact) mass is 347 g/mol. The van der Waals surface area contributed by atoms with Crippen LogP contribution in [0.1, 0.15) is 47.7 Å². The molecule has 1 fully saturated rings. The Hall–Kier alpha value is -2.08. The Bertz CT molecular complexity index is 836. The van der Waals surface area contributed by atoms with Gasteiger partial charge in [0.25, 0.3) is 5.91 Å². The van der Waals surface area contributed by atoms with Gasteiger partial charge in [0.2, 0.25) is 0 Å². The average Bonchev–Trinajstić information content (AvgIpc) is 3.22. The van der Waals surface area contributed by atoms with Gasteiger partial charge in [-0.3, -0.25) is 4.79 Å².